The van der Waals surface area contributed by atoms with Gasteiger partial charge in [-0.25, -0.2) is 0 Å². The minimum Gasteiger partial charge on any atom is -0.374 e. The number of benzene rings is 3. The summed E-state index contributed by atoms with van der Waals surface area (Å²) < 4.78 is 25.2. The van der Waals surface area contributed by atoms with Crippen molar-refractivity contribution in [2.75, 3.05) is 6.61 Å². The van der Waals surface area contributed by atoms with Gasteiger partial charge in [0.25, 0.3) is 0 Å². The van der Waals surface area contributed by atoms with Crippen molar-refractivity contribution in [3.63, 3.8) is 0 Å². The molecular formula is C29H32O4. The summed E-state index contributed by atoms with van der Waals surface area (Å²) >= 11 is 0. The maximum absolute atomic E-state index is 6.42. The van der Waals surface area contributed by atoms with E-state index in [9.17, 15) is 0 Å². The first kappa shape index (κ1) is 23.4. The summed E-state index contributed by atoms with van der Waals surface area (Å²) in [7, 11) is 0. The Bertz CT molecular complexity index is 945. The fraction of sp³-hybridized carbons (Fsp3) is 0.310. The Hall–Kier alpha value is -2.76. The molecule has 4 atom stereocenters. The lowest BCUT2D eigenvalue weighted by molar-refractivity contribution is -0.0898. The molecule has 0 spiro atoms. The van der Waals surface area contributed by atoms with Gasteiger partial charge in [-0.15, -0.1) is 6.58 Å². The lowest BCUT2D eigenvalue weighted by Crippen LogP contribution is -2.39. The van der Waals surface area contributed by atoms with Crippen LogP contribution in [0.3, 0.4) is 0 Å². The van der Waals surface area contributed by atoms with Crippen LogP contribution in [0.25, 0.3) is 0 Å². The molecule has 1 heterocycles. The second-order valence-electron chi connectivity index (χ2n) is 8.26. The Labute approximate surface area is 196 Å². The van der Waals surface area contributed by atoms with Crippen LogP contribution >= 0.6 is 0 Å². The molecule has 1 aliphatic rings. The predicted octanol–water partition coefficient (Wildman–Crippen LogP) is 5.72. The van der Waals surface area contributed by atoms with Crippen LogP contribution in [-0.4, -0.2) is 31.0 Å². The van der Waals surface area contributed by atoms with Crippen molar-refractivity contribution in [3.05, 3.63) is 120 Å². The number of ether oxygens (including phenoxy) is 4. The second-order valence-corrected chi connectivity index (χ2v) is 8.26. The van der Waals surface area contributed by atoms with Crippen molar-refractivity contribution in [1.29, 1.82) is 0 Å². The number of rotatable bonds is 12. The average molecular weight is 445 g/mol. The largest absolute Gasteiger partial charge is 0.374 e. The van der Waals surface area contributed by atoms with Crippen LogP contribution < -0.4 is 0 Å². The zero-order chi connectivity index (χ0) is 22.7. The van der Waals surface area contributed by atoms with Gasteiger partial charge in [0.1, 0.15) is 18.3 Å². The monoisotopic (exact) mass is 444 g/mol. The van der Waals surface area contributed by atoms with Gasteiger partial charge < -0.3 is 18.9 Å². The van der Waals surface area contributed by atoms with Crippen molar-refractivity contribution >= 4 is 0 Å². The molecule has 4 rings (SSSR count). The molecule has 0 aliphatic carbocycles. The Balaban J connectivity index is 1.45. The average Bonchev–Trinajstić information content (AvgIpc) is 3.19. The number of hydrogen-bond acceptors (Lipinski definition) is 4. The van der Waals surface area contributed by atoms with Gasteiger partial charge in [0.2, 0.25) is 0 Å². The topological polar surface area (TPSA) is 36.9 Å². The molecule has 1 saturated heterocycles. The molecule has 4 heteroatoms. The molecule has 0 N–H and O–H groups in total. The van der Waals surface area contributed by atoms with Gasteiger partial charge in [0.15, 0.2) is 0 Å². The molecule has 3 aromatic carbocycles. The molecule has 172 valence electrons. The summed E-state index contributed by atoms with van der Waals surface area (Å²) in [5.74, 6) is 0. The van der Waals surface area contributed by atoms with E-state index >= 15 is 0 Å². The Morgan fingerprint density at radius 3 is 1.58 bits per heavy atom. The molecule has 0 radical (unpaired) electrons. The van der Waals surface area contributed by atoms with Gasteiger partial charge in [0, 0.05) is 0 Å². The Kier molecular flexibility index (Phi) is 8.84. The van der Waals surface area contributed by atoms with Gasteiger partial charge in [-0.2, -0.15) is 0 Å². The summed E-state index contributed by atoms with van der Waals surface area (Å²) in [6, 6.07) is 30.5. The van der Waals surface area contributed by atoms with E-state index in [0.717, 1.165) is 16.7 Å². The third-order valence-electron chi connectivity index (χ3n) is 5.77. The minimum absolute atomic E-state index is 0.127. The first-order chi connectivity index (χ1) is 16.3. The molecule has 0 bridgehead atoms. The first-order valence-electron chi connectivity index (χ1n) is 11.5. The molecule has 0 unspecified atom stereocenters. The fourth-order valence-corrected chi connectivity index (χ4v) is 4.10. The van der Waals surface area contributed by atoms with Gasteiger partial charge >= 0.3 is 0 Å². The van der Waals surface area contributed by atoms with Crippen LogP contribution in [0.15, 0.2) is 104 Å². The SMILES string of the molecule is C=CC[C@@H]1O[C@H](COCc2ccccc2)[C@@H](OCc2ccccc2)[C@@H]1OCc1ccccc1. The Morgan fingerprint density at radius 2 is 1.09 bits per heavy atom. The number of hydrogen-bond donors (Lipinski definition) is 0. The summed E-state index contributed by atoms with van der Waals surface area (Å²) in [6.07, 6.45) is 1.78. The highest BCUT2D eigenvalue weighted by atomic mass is 16.6. The molecule has 0 aromatic heterocycles. The summed E-state index contributed by atoms with van der Waals surface area (Å²) in [5.41, 5.74) is 3.38. The summed E-state index contributed by atoms with van der Waals surface area (Å²) in [5, 5.41) is 0. The van der Waals surface area contributed by atoms with Crippen LogP contribution in [0.1, 0.15) is 23.1 Å². The van der Waals surface area contributed by atoms with E-state index in [1.165, 1.54) is 0 Å². The van der Waals surface area contributed by atoms with E-state index in [1.54, 1.807) is 0 Å². The van der Waals surface area contributed by atoms with Gasteiger partial charge in [-0.1, -0.05) is 97.1 Å². The van der Waals surface area contributed by atoms with Crippen molar-refractivity contribution in [1.82, 2.24) is 0 Å². The van der Waals surface area contributed by atoms with Crippen molar-refractivity contribution in [2.24, 2.45) is 0 Å². The minimum atomic E-state index is -0.241. The maximum Gasteiger partial charge on any atom is 0.115 e. The lowest BCUT2D eigenvalue weighted by Gasteiger charge is -2.25. The normalized spacial score (nSPS) is 22.3. The first-order valence-corrected chi connectivity index (χ1v) is 11.5. The lowest BCUT2D eigenvalue weighted by atomic mass is 10.0. The van der Waals surface area contributed by atoms with Crippen LogP contribution in [-0.2, 0) is 38.8 Å². The van der Waals surface area contributed by atoms with Crippen molar-refractivity contribution in [2.45, 2.75) is 50.7 Å². The third kappa shape index (κ3) is 6.86. The van der Waals surface area contributed by atoms with Crippen LogP contribution in [0.4, 0.5) is 0 Å². The van der Waals surface area contributed by atoms with Crippen LogP contribution in [0.5, 0.6) is 0 Å². The van der Waals surface area contributed by atoms with Crippen LogP contribution in [0, 0.1) is 0 Å². The van der Waals surface area contributed by atoms with E-state index in [4.69, 9.17) is 18.9 Å². The molecule has 1 fully saturated rings. The van der Waals surface area contributed by atoms with Crippen LogP contribution in [0.2, 0.25) is 0 Å². The molecule has 33 heavy (non-hydrogen) atoms. The molecule has 3 aromatic rings. The highest BCUT2D eigenvalue weighted by Gasteiger charge is 2.45. The van der Waals surface area contributed by atoms with E-state index in [1.807, 2.05) is 60.7 Å². The maximum atomic E-state index is 6.42. The summed E-state index contributed by atoms with van der Waals surface area (Å²) in [4.78, 5) is 0. The molecular weight excluding hydrogens is 412 g/mol. The van der Waals surface area contributed by atoms with E-state index in [2.05, 4.69) is 43.0 Å². The van der Waals surface area contributed by atoms with Crippen molar-refractivity contribution in [3.8, 4) is 0 Å². The van der Waals surface area contributed by atoms with E-state index in [0.29, 0.717) is 32.8 Å². The van der Waals surface area contributed by atoms with Gasteiger partial charge in [-0.3, -0.25) is 0 Å². The van der Waals surface area contributed by atoms with E-state index < -0.39 is 0 Å². The molecule has 0 saturated carbocycles. The van der Waals surface area contributed by atoms with E-state index in [-0.39, 0.29) is 24.4 Å². The summed E-state index contributed by atoms with van der Waals surface area (Å²) in [6.45, 7) is 5.89. The Morgan fingerprint density at radius 1 is 0.636 bits per heavy atom. The third-order valence-corrected chi connectivity index (χ3v) is 5.77. The smallest absolute Gasteiger partial charge is 0.115 e. The predicted molar refractivity (Wildman–Crippen MR) is 130 cm³/mol. The van der Waals surface area contributed by atoms with Crippen molar-refractivity contribution < 1.29 is 18.9 Å². The fourth-order valence-electron chi connectivity index (χ4n) is 4.10. The highest BCUT2D eigenvalue weighted by Crippen LogP contribution is 2.31. The standard InChI is InChI=1S/C29H32O4/c1-2-12-26-28(31-20-24-15-8-4-9-16-24)29(32-21-25-17-10-5-11-18-25)27(33-26)22-30-19-23-13-6-3-7-14-23/h2-11,13-18,26-29H,1,12,19-22H2/t26-,27+,28+,29+/m0/s1. The molecule has 4 nitrogen and oxygen atoms in total. The zero-order valence-electron chi connectivity index (χ0n) is 18.9. The zero-order valence-corrected chi connectivity index (χ0v) is 18.9. The molecule has 1 aliphatic heterocycles. The molecule has 0 amide bonds. The van der Waals surface area contributed by atoms with Gasteiger partial charge in [0.05, 0.1) is 32.5 Å². The quantitative estimate of drug-likeness (QED) is 0.335. The second kappa shape index (κ2) is 12.5. The van der Waals surface area contributed by atoms with Gasteiger partial charge in [-0.05, 0) is 23.1 Å². The highest BCUT2D eigenvalue weighted by molar-refractivity contribution is 5.15.